The maximum Gasteiger partial charge on any atom is 0.226 e. The lowest BCUT2D eigenvalue weighted by molar-refractivity contribution is -0.116. The fourth-order valence-corrected chi connectivity index (χ4v) is 3.81. The first-order chi connectivity index (χ1) is 9.35. The third kappa shape index (κ3) is 4.26. The van der Waals surface area contributed by atoms with Gasteiger partial charge < -0.3 is 10.6 Å². The van der Waals surface area contributed by atoms with E-state index in [1.54, 1.807) is 0 Å². The summed E-state index contributed by atoms with van der Waals surface area (Å²) in [7, 11) is -3.08. The Morgan fingerprint density at radius 3 is 2.95 bits per heavy atom. The zero-order valence-corrected chi connectivity index (χ0v) is 12.9. The Kier molecular flexibility index (Phi) is 4.77. The zero-order valence-electron chi connectivity index (χ0n) is 10.5. The first-order valence-electron chi connectivity index (χ1n) is 6.04. The molecule has 2 rings (SSSR count). The Balaban J connectivity index is 1.97. The van der Waals surface area contributed by atoms with Crippen molar-refractivity contribution in [3.63, 3.8) is 0 Å². The van der Waals surface area contributed by atoms with E-state index in [9.17, 15) is 17.6 Å². The van der Waals surface area contributed by atoms with Crippen molar-refractivity contribution in [1.82, 2.24) is 5.32 Å². The van der Waals surface area contributed by atoms with E-state index < -0.39 is 21.7 Å². The monoisotopic (exact) mass is 364 g/mol. The minimum atomic E-state index is -3.08. The van der Waals surface area contributed by atoms with Crippen molar-refractivity contribution < 1.29 is 17.6 Å². The van der Waals surface area contributed by atoms with Gasteiger partial charge in [0, 0.05) is 23.5 Å². The topological polar surface area (TPSA) is 75.3 Å². The molecule has 0 aromatic heterocycles. The average molecular weight is 365 g/mol. The molecule has 0 saturated carbocycles. The Bertz CT molecular complexity index is 621. The van der Waals surface area contributed by atoms with Crippen LogP contribution in [0.4, 0.5) is 10.1 Å². The molecule has 0 radical (unpaired) electrons. The number of halogens is 2. The number of rotatable bonds is 3. The molecule has 1 aliphatic heterocycles. The van der Waals surface area contributed by atoms with Gasteiger partial charge in [-0.3, -0.25) is 4.79 Å². The summed E-state index contributed by atoms with van der Waals surface area (Å²) >= 11 is 3.21. The van der Waals surface area contributed by atoms with E-state index in [4.69, 9.17) is 0 Å². The highest BCUT2D eigenvalue weighted by Crippen LogP contribution is 2.23. The van der Waals surface area contributed by atoms with Gasteiger partial charge in [-0.1, -0.05) is 0 Å². The van der Waals surface area contributed by atoms with Gasteiger partial charge in [0.2, 0.25) is 5.91 Å². The van der Waals surface area contributed by atoms with Crippen LogP contribution in [0.15, 0.2) is 22.7 Å². The number of amides is 1. The fourth-order valence-electron chi connectivity index (χ4n) is 2.02. The first-order valence-corrected chi connectivity index (χ1v) is 8.66. The minimum Gasteiger partial charge on any atom is -0.325 e. The molecular formula is C12H14BrFN2O3S. The van der Waals surface area contributed by atoms with E-state index in [0.717, 1.165) is 0 Å². The second kappa shape index (κ2) is 6.19. The van der Waals surface area contributed by atoms with E-state index >= 15 is 0 Å². The number of carbonyl (C=O) groups is 1. The number of benzene rings is 1. The smallest absolute Gasteiger partial charge is 0.226 e. The highest BCUT2D eigenvalue weighted by Gasteiger charge is 2.26. The van der Waals surface area contributed by atoms with Gasteiger partial charge in [-0.05, 0) is 34.1 Å². The van der Waals surface area contributed by atoms with Gasteiger partial charge in [0.1, 0.15) is 5.82 Å². The van der Waals surface area contributed by atoms with Crippen molar-refractivity contribution in [2.75, 3.05) is 23.4 Å². The molecule has 0 bridgehead atoms. The molecule has 8 heteroatoms. The predicted molar refractivity (Wildman–Crippen MR) is 77.8 cm³/mol. The first kappa shape index (κ1) is 15.4. The summed E-state index contributed by atoms with van der Waals surface area (Å²) in [6.45, 7) is 0.351. The van der Waals surface area contributed by atoms with Crippen molar-refractivity contribution in [2.24, 2.45) is 0 Å². The van der Waals surface area contributed by atoms with Gasteiger partial charge in [0.15, 0.2) is 9.84 Å². The summed E-state index contributed by atoms with van der Waals surface area (Å²) in [5.74, 6) is -0.765. The molecule has 1 aromatic rings. The van der Waals surface area contributed by atoms with Crippen LogP contribution < -0.4 is 10.6 Å². The number of carbonyl (C=O) groups excluding carboxylic acids is 1. The van der Waals surface area contributed by atoms with Crippen LogP contribution in [0.5, 0.6) is 0 Å². The summed E-state index contributed by atoms with van der Waals surface area (Å²) in [5, 5.41) is 5.56. The van der Waals surface area contributed by atoms with Gasteiger partial charge in [0.05, 0.1) is 17.2 Å². The molecule has 1 unspecified atom stereocenters. The lowest BCUT2D eigenvalue weighted by Gasteiger charge is -2.23. The maximum atomic E-state index is 13.1. The molecule has 2 N–H and O–H groups in total. The molecule has 1 fully saturated rings. The third-order valence-corrected chi connectivity index (χ3v) is 5.36. The van der Waals surface area contributed by atoms with Crippen LogP contribution in [0, 0.1) is 5.82 Å². The molecule has 5 nitrogen and oxygen atoms in total. The third-order valence-electron chi connectivity index (χ3n) is 2.94. The molecule has 1 saturated heterocycles. The Hall–Kier alpha value is -0.990. The Labute approximate surface area is 125 Å². The van der Waals surface area contributed by atoms with Gasteiger partial charge in [-0.15, -0.1) is 0 Å². The van der Waals surface area contributed by atoms with E-state index in [1.165, 1.54) is 18.2 Å². The van der Waals surface area contributed by atoms with Crippen LogP contribution in [0.3, 0.4) is 0 Å². The van der Waals surface area contributed by atoms with Gasteiger partial charge in [-0.2, -0.15) is 0 Å². The number of hydrogen-bond donors (Lipinski definition) is 2. The molecule has 1 aliphatic rings. The van der Waals surface area contributed by atoms with Crippen molar-refractivity contribution in [2.45, 2.75) is 12.5 Å². The summed E-state index contributed by atoms with van der Waals surface area (Å²) < 4.78 is 36.6. The molecule has 1 heterocycles. The number of anilines is 1. The second-order valence-corrected chi connectivity index (χ2v) is 7.72. The number of hydrogen-bond acceptors (Lipinski definition) is 4. The Morgan fingerprint density at radius 2 is 2.25 bits per heavy atom. The molecule has 1 atom stereocenters. The summed E-state index contributed by atoms with van der Waals surface area (Å²) in [4.78, 5) is 11.9. The van der Waals surface area contributed by atoms with Gasteiger partial charge >= 0.3 is 0 Å². The van der Waals surface area contributed by atoms with Crippen molar-refractivity contribution in [3.8, 4) is 0 Å². The van der Waals surface area contributed by atoms with Crippen LogP contribution >= 0.6 is 15.9 Å². The summed E-state index contributed by atoms with van der Waals surface area (Å²) in [6.07, 6.45) is 0.0299. The SMILES string of the molecule is O=C(CC1CS(=O)(=O)CCN1)Nc1cc(F)ccc1Br. The quantitative estimate of drug-likeness (QED) is 0.847. The lowest BCUT2D eigenvalue weighted by Crippen LogP contribution is -2.46. The van der Waals surface area contributed by atoms with E-state index in [2.05, 4.69) is 26.6 Å². The molecule has 0 aliphatic carbocycles. The molecule has 110 valence electrons. The van der Waals surface area contributed by atoms with Crippen molar-refractivity contribution in [3.05, 3.63) is 28.5 Å². The van der Waals surface area contributed by atoms with Crippen molar-refractivity contribution >= 4 is 37.4 Å². The highest BCUT2D eigenvalue weighted by molar-refractivity contribution is 9.10. The standard InChI is InChI=1S/C12H14BrFN2O3S/c13-10-2-1-8(14)5-11(10)16-12(17)6-9-7-20(18,19)4-3-15-9/h1-2,5,9,15H,3-4,6-7H2,(H,16,17). The Morgan fingerprint density at radius 1 is 1.50 bits per heavy atom. The van der Waals surface area contributed by atoms with E-state index in [0.29, 0.717) is 16.7 Å². The zero-order chi connectivity index (χ0) is 14.8. The minimum absolute atomic E-state index is 0.0299. The van der Waals surface area contributed by atoms with Crippen LogP contribution in [0.2, 0.25) is 0 Å². The van der Waals surface area contributed by atoms with Crippen LogP contribution in [-0.2, 0) is 14.6 Å². The number of sulfone groups is 1. The van der Waals surface area contributed by atoms with Gasteiger partial charge in [0.25, 0.3) is 0 Å². The lowest BCUT2D eigenvalue weighted by atomic mass is 10.2. The van der Waals surface area contributed by atoms with Crippen LogP contribution in [0.25, 0.3) is 0 Å². The molecular weight excluding hydrogens is 351 g/mol. The van der Waals surface area contributed by atoms with Crippen molar-refractivity contribution in [1.29, 1.82) is 0 Å². The average Bonchev–Trinajstić information content (AvgIpc) is 2.32. The molecule has 0 spiro atoms. The summed E-state index contributed by atoms with van der Waals surface area (Å²) in [6, 6.07) is 3.57. The number of nitrogens with one attached hydrogen (secondary N) is 2. The largest absolute Gasteiger partial charge is 0.325 e. The van der Waals surface area contributed by atoms with E-state index in [-0.39, 0.29) is 23.8 Å². The van der Waals surface area contributed by atoms with Crippen LogP contribution in [-0.4, -0.2) is 38.4 Å². The fraction of sp³-hybridized carbons (Fsp3) is 0.417. The summed E-state index contributed by atoms with van der Waals surface area (Å²) in [5.41, 5.74) is 0.327. The maximum absolute atomic E-state index is 13.1. The molecule has 1 amide bonds. The van der Waals surface area contributed by atoms with Crippen LogP contribution in [0.1, 0.15) is 6.42 Å². The normalized spacial score (nSPS) is 21.4. The van der Waals surface area contributed by atoms with Gasteiger partial charge in [-0.25, -0.2) is 12.8 Å². The molecule has 20 heavy (non-hydrogen) atoms. The predicted octanol–water partition coefficient (Wildman–Crippen LogP) is 1.30. The molecule has 1 aromatic carbocycles. The highest BCUT2D eigenvalue weighted by atomic mass is 79.9. The second-order valence-electron chi connectivity index (χ2n) is 4.64. The van der Waals surface area contributed by atoms with E-state index in [1.807, 2.05) is 0 Å².